The van der Waals surface area contributed by atoms with Gasteiger partial charge in [-0.15, -0.1) is 5.11 Å². The highest BCUT2D eigenvalue weighted by molar-refractivity contribution is 7.85. The van der Waals surface area contributed by atoms with Crippen molar-refractivity contribution in [3.63, 3.8) is 0 Å². The Bertz CT molecular complexity index is 832. The fourth-order valence-corrected chi connectivity index (χ4v) is 2.26. The van der Waals surface area contributed by atoms with Crippen LogP contribution in [0.3, 0.4) is 0 Å². The number of azo groups is 1. The Morgan fingerprint density at radius 2 is 1.61 bits per heavy atom. The molecule has 0 saturated carbocycles. The van der Waals surface area contributed by atoms with E-state index in [1.165, 1.54) is 38.5 Å². The summed E-state index contributed by atoms with van der Waals surface area (Å²) in [5.74, 6) is 0.850. The fourth-order valence-electron chi connectivity index (χ4n) is 1.78. The Balaban J connectivity index is 2.33. The fraction of sp³-hybridized carbons (Fsp3) is 0.143. The first-order valence-corrected chi connectivity index (χ1v) is 7.80. The van der Waals surface area contributed by atoms with Crippen molar-refractivity contribution in [1.29, 1.82) is 0 Å². The standard InChI is InChI=1S/C14H15N3O5S/c1-21-13-8-12(14(22-2)7-11(13)15)17-16-9-3-5-10(6-4-9)23(18,19)20/h3-8H,15H2,1-2H3,(H,18,19,20). The molecule has 9 heteroatoms. The van der Waals surface area contributed by atoms with E-state index in [9.17, 15) is 8.42 Å². The predicted octanol–water partition coefficient (Wildman–Crippen LogP) is 2.95. The highest BCUT2D eigenvalue weighted by atomic mass is 32.2. The van der Waals surface area contributed by atoms with E-state index in [-0.39, 0.29) is 4.90 Å². The van der Waals surface area contributed by atoms with Crippen LogP contribution in [0.25, 0.3) is 0 Å². The molecule has 0 amide bonds. The third kappa shape index (κ3) is 3.96. The highest BCUT2D eigenvalue weighted by Crippen LogP contribution is 2.37. The largest absolute Gasteiger partial charge is 0.495 e. The maximum atomic E-state index is 11.0. The molecule has 0 atom stereocenters. The molecule has 0 aliphatic heterocycles. The zero-order chi connectivity index (χ0) is 17.0. The average molecular weight is 337 g/mol. The topological polar surface area (TPSA) is 124 Å². The Labute approximate surface area is 133 Å². The lowest BCUT2D eigenvalue weighted by Gasteiger charge is -2.09. The molecule has 0 spiro atoms. The minimum Gasteiger partial charge on any atom is -0.495 e. The van der Waals surface area contributed by atoms with Crippen LogP contribution in [0.15, 0.2) is 51.5 Å². The van der Waals surface area contributed by atoms with Crippen molar-refractivity contribution < 1.29 is 22.4 Å². The molecule has 2 aromatic rings. The minimum absolute atomic E-state index is 0.219. The highest BCUT2D eigenvalue weighted by Gasteiger charge is 2.10. The van der Waals surface area contributed by atoms with Crippen LogP contribution in [0.4, 0.5) is 17.1 Å². The van der Waals surface area contributed by atoms with Crippen molar-refractivity contribution >= 4 is 27.2 Å². The van der Waals surface area contributed by atoms with Crippen LogP contribution < -0.4 is 15.2 Å². The molecule has 0 heterocycles. The molecule has 0 saturated heterocycles. The van der Waals surface area contributed by atoms with Gasteiger partial charge in [-0.25, -0.2) is 0 Å². The average Bonchev–Trinajstić information content (AvgIpc) is 2.52. The number of nitrogen functional groups attached to an aromatic ring is 1. The quantitative estimate of drug-likeness (QED) is 0.491. The summed E-state index contributed by atoms with van der Waals surface area (Å²) in [6, 6.07) is 8.41. The third-order valence-corrected chi connectivity index (χ3v) is 3.81. The second kappa shape index (κ2) is 6.63. The van der Waals surface area contributed by atoms with E-state index < -0.39 is 10.1 Å². The summed E-state index contributed by atoms with van der Waals surface area (Å²) in [6.07, 6.45) is 0. The molecular formula is C14H15N3O5S. The van der Waals surface area contributed by atoms with Crippen molar-refractivity contribution in [2.24, 2.45) is 10.2 Å². The van der Waals surface area contributed by atoms with E-state index in [0.29, 0.717) is 28.6 Å². The van der Waals surface area contributed by atoms with Crippen LogP contribution in [0.1, 0.15) is 0 Å². The zero-order valence-electron chi connectivity index (χ0n) is 12.4. The van der Waals surface area contributed by atoms with E-state index in [4.69, 9.17) is 19.8 Å². The van der Waals surface area contributed by atoms with Gasteiger partial charge in [-0.05, 0) is 24.3 Å². The summed E-state index contributed by atoms with van der Waals surface area (Å²) in [5, 5.41) is 8.03. The maximum Gasteiger partial charge on any atom is 0.294 e. The number of anilines is 1. The van der Waals surface area contributed by atoms with Crippen molar-refractivity contribution in [3.05, 3.63) is 36.4 Å². The molecule has 2 rings (SSSR count). The Hall–Kier alpha value is -2.65. The van der Waals surface area contributed by atoms with Gasteiger partial charge in [-0.2, -0.15) is 13.5 Å². The lowest BCUT2D eigenvalue weighted by Crippen LogP contribution is -1.96. The van der Waals surface area contributed by atoms with E-state index >= 15 is 0 Å². The number of nitrogens with two attached hydrogens (primary N) is 1. The molecule has 0 unspecified atom stereocenters. The number of methoxy groups -OCH3 is 2. The third-order valence-electron chi connectivity index (χ3n) is 2.94. The van der Waals surface area contributed by atoms with Gasteiger partial charge >= 0.3 is 0 Å². The Kier molecular flexibility index (Phi) is 4.82. The van der Waals surface area contributed by atoms with Gasteiger partial charge in [0, 0.05) is 12.1 Å². The molecule has 0 bridgehead atoms. The predicted molar refractivity (Wildman–Crippen MR) is 84.4 cm³/mol. The monoisotopic (exact) mass is 337 g/mol. The summed E-state index contributed by atoms with van der Waals surface area (Å²) in [6.45, 7) is 0. The van der Waals surface area contributed by atoms with E-state index in [1.54, 1.807) is 12.1 Å². The van der Waals surface area contributed by atoms with Crippen LogP contribution in [-0.4, -0.2) is 27.2 Å². The van der Waals surface area contributed by atoms with Gasteiger partial charge in [0.15, 0.2) is 0 Å². The zero-order valence-corrected chi connectivity index (χ0v) is 13.2. The molecule has 23 heavy (non-hydrogen) atoms. The Morgan fingerprint density at radius 1 is 1.00 bits per heavy atom. The van der Waals surface area contributed by atoms with Crippen LogP contribution in [0, 0.1) is 0 Å². The van der Waals surface area contributed by atoms with Gasteiger partial charge in [0.1, 0.15) is 17.2 Å². The first-order chi connectivity index (χ1) is 10.8. The molecular weight excluding hydrogens is 322 g/mol. The van der Waals surface area contributed by atoms with Crippen LogP contribution >= 0.6 is 0 Å². The molecule has 3 N–H and O–H groups in total. The molecule has 0 radical (unpaired) electrons. The molecule has 0 aliphatic rings. The second-order valence-corrected chi connectivity index (χ2v) is 5.86. The first-order valence-electron chi connectivity index (χ1n) is 6.36. The summed E-state index contributed by atoms with van der Waals surface area (Å²) in [5.41, 5.74) is 6.99. The summed E-state index contributed by atoms with van der Waals surface area (Å²) in [7, 11) is -1.28. The van der Waals surface area contributed by atoms with E-state index in [0.717, 1.165) is 0 Å². The Morgan fingerprint density at radius 3 is 2.13 bits per heavy atom. The number of hydrogen-bond acceptors (Lipinski definition) is 7. The number of rotatable bonds is 5. The number of hydrogen-bond donors (Lipinski definition) is 2. The van der Waals surface area contributed by atoms with Gasteiger partial charge in [0.2, 0.25) is 0 Å². The number of benzene rings is 2. The van der Waals surface area contributed by atoms with Crippen molar-refractivity contribution in [3.8, 4) is 11.5 Å². The van der Waals surface area contributed by atoms with Gasteiger partial charge in [0.05, 0.1) is 30.5 Å². The van der Waals surface area contributed by atoms with E-state index in [2.05, 4.69) is 10.2 Å². The van der Waals surface area contributed by atoms with Crippen LogP contribution in [-0.2, 0) is 10.1 Å². The SMILES string of the molecule is COc1cc(N=Nc2ccc(S(=O)(=O)O)cc2)c(OC)cc1N. The normalized spacial score (nSPS) is 11.6. The summed E-state index contributed by atoms with van der Waals surface area (Å²) in [4.78, 5) is -0.219. The molecule has 0 aliphatic carbocycles. The van der Waals surface area contributed by atoms with Gasteiger partial charge in [-0.1, -0.05) is 0 Å². The van der Waals surface area contributed by atoms with Crippen molar-refractivity contribution in [2.45, 2.75) is 4.90 Å². The van der Waals surface area contributed by atoms with Gasteiger partial charge in [0.25, 0.3) is 10.1 Å². The van der Waals surface area contributed by atoms with E-state index in [1.807, 2.05) is 0 Å². The lowest BCUT2D eigenvalue weighted by atomic mass is 10.2. The van der Waals surface area contributed by atoms with Gasteiger partial charge in [-0.3, -0.25) is 4.55 Å². The van der Waals surface area contributed by atoms with Crippen molar-refractivity contribution in [2.75, 3.05) is 20.0 Å². The van der Waals surface area contributed by atoms with Crippen LogP contribution in [0.5, 0.6) is 11.5 Å². The minimum atomic E-state index is -4.23. The smallest absolute Gasteiger partial charge is 0.294 e. The molecule has 2 aromatic carbocycles. The van der Waals surface area contributed by atoms with Crippen molar-refractivity contribution in [1.82, 2.24) is 0 Å². The number of nitrogens with zero attached hydrogens (tertiary/aromatic N) is 2. The second-order valence-electron chi connectivity index (χ2n) is 4.43. The van der Waals surface area contributed by atoms with Crippen LogP contribution in [0.2, 0.25) is 0 Å². The number of ether oxygens (including phenoxy) is 2. The maximum absolute atomic E-state index is 11.0. The molecule has 0 fully saturated rings. The lowest BCUT2D eigenvalue weighted by molar-refractivity contribution is 0.406. The summed E-state index contributed by atoms with van der Waals surface area (Å²) < 4.78 is 41.1. The molecule has 8 nitrogen and oxygen atoms in total. The molecule has 122 valence electrons. The first kappa shape index (κ1) is 16.7. The summed E-state index contributed by atoms with van der Waals surface area (Å²) >= 11 is 0. The molecule has 0 aromatic heterocycles. The van der Waals surface area contributed by atoms with Gasteiger partial charge < -0.3 is 15.2 Å².